The molecule has 3 nitrogen and oxygen atoms in total. The number of thiocarbonyl (C=S) groups is 1. The fraction of sp³-hybridized carbons (Fsp3) is 0. The van der Waals surface area contributed by atoms with Crippen molar-refractivity contribution < 1.29 is 22.0 Å². The number of aliphatic imine (C=N–C) groups is 1. The number of benzene rings is 1. The molecule has 0 unspecified atom stereocenters. The molecule has 0 aliphatic carbocycles. The Bertz CT molecular complexity index is 495. The highest BCUT2D eigenvalue weighted by Crippen LogP contribution is 2.23. The molecule has 0 spiro atoms. The van der Waals surface area contributed by atoms with Crippen LogP contribution in [0.3, 0.4) is 0 Å². The number of guanidine groups is 1. The summed E-state index contributed by atoms with van der Waals surface area (Å²) in [6.07, 6.45) is 0. The van der Waals surface area contributed by atoms with Gasteiger partial charge >= 0.3 is 0 Å². The third-order valence-electron chi connectivity index (χ3n) is 1.65. The zero-order chi connectivity index (χ0) is 13.3. The Kier molecular flexibility index (Phi) is 3.61. The van der Waals surface area contributed by atoms with Gasteiger partial charge in [0, 0.05) is 0 Å². The lowest BCUT2D eigenvalue weighted by Crippen LogP contribution is -2.24. The van der Waals surface area contributed by atoms with Crippen LogP contribution < -0.4 is 11.5 Å². The summed E-state index contributed by atoms with van der Waals surface area (Å²) in [5.41, 5.74) is 8.40. The SMILES string of the molecule is NC(N)=NC(=S)c1c(F)c(F)c(F)c(F)c1F. The van der Waals surface area contributed by atoms with Crippen LogP contribution in [0.2, 0.25) is 0 Å². The maximum absolute atomic E-state index is 13.1. The van der Waals surface area contributed by atoms with Gasteiger partial charge in [0.2, 0.25) is 5.82 Å². The van der Waals surface area contributed by atoms with Crippen molar-refractivity contribution >= 4 is 23.2 Å². The van der Waals surface area contributed by atoms with Crippen LogP contribution >= 0.6 is 12.2 Å². The van der Waals surface area contributed by atoms with Gasteiger partial charge in [-0.15, -0.1) is 0 Å². The standard InChI is InChI=1S/C8H4F5N3S/c9-2-1(7(17)16-8(14)15)3(10)5(12)6(13)4(2)11/h(H4,14,15,16,17). The monoisotopic (exact) mass is 269 g/mol. The first kappa shape index (κ1) is 13.3. The van der Waals surface area contributed by atoms with Crippen molar-refractivity contribution in [1.29, 1.82) is 0 Å². The Morgan fingerprint density at radius 1 is 0.824 bits per heavy atom. The van der Waals surface area contributed by atoms with Crippen LogP contribution in [-0.2, 0) is 0 Å². The molecule has 0 atom stereocenters. The minimum absolute atomic E-state index is 0.668. The molecule has 4 N–H and O–H groups in total. The van der Waals surface area contributed by atoms with Crippen molar-refractivity contribution in [3.63, 3.8) is 0 Å². The van der Waals surface area contributed by atoms with E-state index in [0.717, 1.165) is 0 Å². The minimum atomic E-state index is -2.28. The van der Waals surface area contributed by atoms with Crippen LogP contribution in [-0.4, -0.2) is 10.9 Å². The third-order valence-corrected chi connectivity index (χ3v) is 1.95. The zero-order valence-electron chi connectivity index (χ0n) is 7.90. The number of nitrogens with two attached hydrogens (primary N) is 2. The van der Waals surface area contributed by atoms with Crippen molar-refractivity contribution in [2.75, 3.05) is 0 Å². The zero-order valence-corrected chi connectivity index (χ0v) is 8.72. The van der Waals surface area contributed by atoms with Gasteiger partial charge in [-0.1, -0.05) is 12.2 Å². The summed E-state index contributed by atoms with van der Waals surface area (Å²) in [5, 5.41) is 0. The molecule has 0 aliphatic heterocycles. The maximum atomic E-state index is 13.1. The highest BCUT2D eigenvalue weighted by Gasteiger charge is 2.27. The average molecular weight is 269 g/mol. The van der Waals surface area contributed by atoms with Gasteiger partial charge in [0.25, 0.3) is 0 Å². The molecule has 1 rings (SSSR count). The minimum Gasteiger partial charge on any atom is -0.370 e. The summed E-state index contributed by atoms with van der Waals surface area (Å²) in [5.74, 6) is -11.4. The highest BCUT2D eigenvalue weighted by atomic mass is 32.1. The topological polar surface area (TPSA) is 64.4 Å². The predicted octanol–water partition coefficient (Wildman–Crippen LogP) is 1.33. The fourth-order valence-corrected chi connectivity index (χ4v) is 1.25. The van der Waals surface area contributed by atoms with Crippen molar-refractivity contribution in [3.05, 3.63) is 34.6 Å². The van der Waals surface area contributed by atoms with Crippen LogP contribution in [0.15, 0.2) is 4.99 Å². The highest BCUT2D eigenvalue weighted by molar-refractivity contribution is 7.80. The third kappa shape index (κ3) is 2.33. The first-order chi connectivity index (χ1) is 7.77. The van der Waals surface area contributed by atoms with Gasteiger partial charge in [-0.2, -0.15) is 0 Å². The lowest BCUT2D eigenvalue weighted by atomic mass is 10.1. The number of rotatable bonds is 1. The quantitative estimate of drug-likeness (QED) is 0.202. The molecular weight excluding hydrogens is 265 g/mol. The van der Waals surface area contributed by atoms with E-state index in [0.29, 0.717) is 0 Å². The van der Waals surface area contributed by atoms with Gasteiger partial charge in [-0.25, -0.2) is 26.9 Å². The lowest BCUT2D eigenvalue weighted by molar-refractivity contribution is 0.377. The smallest absolute Gasteiger partial charge is 0.200 e. The van der Waals surface area contributed by atoms with E-state index in [1.165, 1.54) is 0 Å². The number of hydrogen-bond donors (Lipinski definition) is 2. The molecule has 0 heterocycles. The van der Waals surface area contributed by atoms with Gasteiger partial charge < -0.3 is 11.5 Å². The molecule has 92 valence electrons. The van der Waals surface area contributed by atoms with Crippen LogP contribution in [0.1, 0.15) is 5.56 Å². The molecule has 1 aromatic carbocycles. The summed E-state index contributed by atoms with van der Waals surface area (Å²) in [6, 6.07) is 0. The van der Waals surface area contributed by atoms with E-state index < -0.39 is 45.6 Å². The molecule has 0 saturated carbocycles. The van der Waals surface area contributed by atoms with Crippen molar-refractivity contribution in [2.45, 2.75) is 0 Å². The molecule has 17 heavy (non-hydrogen) atoms. The second-order valence-electron chi connectivity index (χ2n) is 2.79. The van der Waals surface area contributed by atoms with E-state index >= 15 is 0 Å². The predicted molar refractivity (Wildman–Crippen MR) is 53.7 cm³/mol. The Labute approximate surface area is 96.9 Å². The van der Waals surface area contributed by atoms with Crippen molar-refractivity contribution in [1.82, 2.24) is 0 Å². The van der Waals surface area contributed by atoms with Gasteiger partial charge in [0.1, 0.15) is 4.99 Å². The molecule has 9 heteroatoms. The Hall–Kier alpha value is -1.77. The van der Waals surface area contributed by atoms with Crippen LogP contribution in [0, 0.1) is 29.1 Å². The second kappa shape index (κ2) is 4.62. The van der Waals surface area contributed by atoms with E-state index in [9.17, 15) is 22.0 Å². The number of halogens is 5. The summed E-state index contributed by atoms with van der Waals surface area (Å²) < 4.78 is 64.5. The fourth-order valence-electron chi connectivity index (χ4n) is 0.966. The summed E-state index contributed by atoms with van der Waals surface area (Å²) >= 11 is 4.35. The van der Waals surface area contributed by atoms with Crippen LogP contribution in [0.4, 0.5) is 22.0 Å². The molecule has 0 aromatic heterocycles. The number of nitrogens with zero attached hydrogens (tertiary/aromatic N) is 1. The van der Waals surface area contributed by atoms with Crippen molar-refractivity contribution in [3.8, 4) is 0 Å². The molecule has 0 bridgehead atoms. The van der Waals surface area contributed by atoms with Crippen LogP contribution in [0.25, 0.3) is 0 Å². The van der Waals surface area contributed by atoms with Gasteiger partial charge in [0.05, 0.1) is 5.56 Å². The summed E-state index contributed by atoms with van der Waals surface area (Å²) in [4.78, 5) is 2.12. The van der Waals surface area contributed by atoms with E-state index in [1.807, 2.05) is 0 Å². The van der Waals surface area contributed by atoms with Gasteiger partial charge in [0.15, 0.2) is 29.2 Å². The maximum Gasteiger partial charge on any atom is 0.200 e. The lowest BCUT2D eigenvalue weighted by Gasteiger charge is -2.06. The van der Waals surface area contributed by atoms with Crippen LogP contribution in [0.5, 0.6) is 0 Å². The molecule has 0 fully saturated rings. The molecule has 0 aliphatic rings. The van der Waals surface area contributed by atoms with Gasteiger partial charge in [-0.3, -0.25) is 0 Å². The molecule has 0 radical (unpaired) electrons. The molecule has 0 amide bonds. The molecular formula is C8H4F5N3S. The van der Waals surface area contributed by atoms with E-state index in [4.69, 9.17) is 11.5 Å². The van der Waals surface area contributed by atoms with E-state index in [-0.39, 0.29) is 0 Å². The first-order valence-electron chi connectivity index (χ1n) is 3.92. The average Bonchev–Trinajstić information content (AvgIpc) is 2.23. The summed E-state index contributed by atoms with van der Waals surface area (Å²) in [6.45, 7) is 0. The van der Waals surface area contributed by atoms with Gasteiger partial charge in [-0.05, 0) is 0 Å². The Morgan fingerprint density at radius 3 is 1.53 bits per heavy atom. The largest absolute Gasteiger partial charge is 0.370 e. The summed E-state index contributed by atoms with van der Waals surface area (Å²) in [7, 11) is 0. The second-order valence-corrected chi connectivity index (χ2v) is 3.17. The normalized spacial score (nSPS) is 10.2. The Balaban J connectivity index is 3.55. The molecule has 0 saturated heterocycles. The van der Waals surface area contributed by atoms with Crippen molar-refractivity contribution in [2.24, 2.45) is 16.5 Å². The first-order valence-corrected chi connectivity index (χ1v) is 4.33. The number of hydrogen-bond acceptors (Lipinski definition) is 1. The van der Waals surface area contributed by atoms with E-state index in [1.54, 1.807) is 0 Å². The van der Waals surface area contributed by atoms with E-state index in [2.05, 4.69) is 17.2 Å². The molecule has 1 aromatic rings. The Morgan fingerprint density at radius 2 is 1.18 bits per heavy atom.